The number of nitrogens with zero attached hydrogens (tertiary/aromatic N) is 2. The summed E-state index contributed by atoms with van der Waals surface area (Å²) in [4.78, 5) is 19.8. The fourth-order valence-corrected chi connectivity index (χ4v) is 1.95. The molecule has 0 aliphatic carbocycles. The summed E-state index contributed by atoms with van der Waals surface area (Å²) in [6, 6.07) is 6.70. The number of aliphatic hydroxyl groups is 1. The molecule has 0 fully saturated rings. The van der Waals surface area contributed by atoms with Gasteiger partial charge >= 0.3 is 0 Å². The largest absolute Gasteiger partial charge is 0.505 e. The van der Waals surface area contributed by atoms with Gasteiger partial charge in [-0.1, -0.05) is 6.07 Å². The normalized spacial score (nSPS) is 11.9. The van der Waals surface area contributed by atoms with Crippen molar-refractivity contribution < 1.29 is 15.0 Å². The first kappa shape index (κ1) is 14.9. The maximum Gasteiger partial charge on any atom is 0.273 e. The van der Waals surface area contributed by atoms with E-state index in [1.54, 1.807) is 18.5 Å². The standard InChI is InChI=1S/C15H17N3O3/c19-10-12(7-11-3-1-5-16-8-11)9-18-15(21)14-13(20)4-2-6-17-14/h1-6,8,12,19-20H,7,9-10H2,(H,18,21). The van der Waals surface area contributed by atoms with Gasteiger partial charge in [-0.3, -0.25) is 9.78 Å². The molecule has 2 aromatic rings. The zero-order valence-electron chi connectivity index (χ0n) is 11.4. The van der Waals surface area contributed by atoms with Gasteiger partial charge in [0, 0.05) is 37.7 Å². The second-order valence-corrected chi connectivity index (χ2v) is 4.70. The van der Waals surface area contributed by atoms with E-state index in [1.165, 1.54) is 12.3 Å². The van der Waals surface area contributed by atoms with Gasteiger partial charge in [-0.25, -0.2) is 4.98 Å². The number of aromatic hydroxyl groups is 1. The molecule has 6 nitrogen and oxygen atoms in total. The SMILES string of the molecule is O=C(NCC(CO)Cc1cccnc1)c1ncccc1O. The highest BCUT2D eigenvalue weighted by atomic mass is 16.3. The molecule has 0 saturated carbocycles. The van der Waals surface area contributed by atoms with Crippen LogP contribution in [-0.4, -0.2) is 39.2 Å². The third-order valence-electron chi connectivity index (χ3n) is 3.06. The molecule has 2 rings (SSSR count). The van der Waals surface area contributed by atoms with Gasteiger partial charge in [0.25, 0.3) is 5.91 Å². The molecular formula is C15H17N3O3. The number of pyridine rings is 2. The Kier molecular flexibility index (Phi) is 5.22. The minimum Gasteiger partial charge on any atom is -0.505 e. The first-order valence-corrected chi connectivity index (χ1v) is 6.62. The van der Waals surface area contributed by atoms with Crippen molar-refractivity contribution >= 4 is 5.91 Å². The van der Waals surface area contributed by atoms with Crippen LogP contribution in [0.15, 0.2) is 42.9 Å². The third-order valence-corrected chi connectivity index (χ3v) is 3.06. The molecule has 0 spiro atoms. The van der Waals surface area contributed by atoms with E-state index in [-0.39, 0.29) is 24.0 Å². The van der Waals surface area contributed by atoms with Crippen molar-refractivity contribution in [1.29, 1.82) is 0 Å². The smallest absolute Gasteiger partial charge is 0.273 e. The fraction of sp³-hybridized carbons (Fsp3) is 0.267. The molecule has 1 amide bonds. The molecule has 1 unspecified atom stereocenters. The number of carbonyl (C=O) groups excluding carboxylic acids is 1. The highest BCUT2D eigenvalue weighted by Crippen LogP contribution is 2.12. The molecule has 2 aromatic heterocycles. The van der Waals surface area contributed by atoms with Gasteiger partial charge in [0.1, 0.15) is 5.75 Å². The van der Waals surface area contributed by atoms with Gasteiger partial charge in [-0.05, 0) is 30.2 Å². The van der Waals surface area contributed by atoms with Gasteiger partial charge in [-0.15, -0.1) is 0 Å². The van der Waals surface area contributed by atoms with Gasteiger partial charge in [-0.2, -0.15) is 0 Å². The van der Waals surface area contributed by atoms with Crippen molar-refractivity contribution in [2.24, 2.45) is 5.92 Å². The van der Waals surface area contributed by atoms with Crippen molar-refractivity contribution in [2.75, 3.05) is 13.2 Å². The van der Waals surface area contributed by atoms with E-state index >= 15 is 0 Å². The summed E-state index contributed by atoms with van der Waals surface area (Å²) in [5.41, 5.74) is 0.974. The Balaban J connectivity index is 1.91. The number of amides is 1. The average Bonchev–Trinajstić information content (AvgIpc) is 2.52. The van der Waals surface area contributed by atoms with Gasteiger partial charge in [0.15, 0.2) is 5.69 Å². The summed E-state index contributed by atoms with van der Waals surface area (Å²) in [5, 5.41) is 21.6. The lowest BCUT2D eigenvalue weighted by Crippen LogP contribution is -2.32. The monoisotopic (exact) mass is 287 g/mol. The molecule has 110 valence electrons. The highest BCUT2D eigenvalue weighted by molar-refractivity contribution is 5.94. The third kappa shape index (κ3) is 4.25. The molecule has 3 N–H and O–H groups in total. The highest BCUT2D eigenvalue weighted by Gasteiger charge is 2.15. The lowest BCUT2D eigenvalue weighted by atomic mass is 10.0. The molecule has 0 aromatic carbocycles. The van der Waals surface area contributed by atoms with Crippen LogP contribution in [0.5, 0.6) is 5.75 Å². The molecule has 0 radical (unpaired) electrons. The van der Waals surface area contributed by atoms with Crippen LogP contribution in [0.1, 0.15) is 16.1 Å². The molecule has 2 heterocycles. The predicted molar refractivity (Wildman–Crippen MR) is 76.8 cm³/mol. The zero-order valence-corrected chi connectivity index (χ0v) is 11.4. The molecule has 0 bridgehead atoms. The Morgan fingerprint density at radius 3 is 2.76 bits per heavy atom. The van der Waals surface area contributed by atoms with Crippen LogP contribution in [0.2, 0.25) is 0 Å². The van der Waals surface area contributed by atoms with Crippen LogP contribution in [0.4, 0.5) is 0 Å². The van der Waals surface area contributed by atoms with E-state index in [0.717, 1.165) is 5.56 Å². The number of rotatable bonds is 6. The summed E-state index contributed by atoms with van der Waals surface area (Å²) < 4.78 is 0. The van der Waals surface area contributed by atoms with Crippen molar-refractivity contribution in [3.05, 3.63) is 54.1 Å². The minimum absolute atomic E-state index is 0.0180. The summed E-state index contributed by atoms with van der Waals surface area (Å²) in [6.07, 6.45) is 5.46. The van der Waals surface area contributed by atoms with E-state index in [4.69, 9.17) is 0 Å². The van der Waals surface area contributed by atoms with Crippen LogP contribution in [0, 0.1) is 5.92 Å². The quantitative estimate of drug-likeness (QED) is 0.729. The second kappa shape index (κ2) is 7.35. The van der Waals surface area contributed by atoms with E-state index in [9.17, 15) is 15.0 Å². The van der Waals surface area contributed by atoms with E-state index in [0.29, 0.717) is 13.0 Å². The van der Waals surface area contributed by atoms with E-state index in [2.05, 4.69) is 15.3 Å². The molecule has 6 heteroatoms. The number of aromatic nitrogens is 2. The lowest BCUT2D eigenvalue weighted by Gasteiger charge is -2.15. The molecule has 1 atom stereocenters. The zero-order chi connectivity index (χ0) is 15.1. The van der Waals surface area contributed by atoms with Gasteiger partial charge < -0.3 is 15.5 Å². The van der Waals surface area contributed by atoms with Crippen molar-refractivity contribution in [3.63, 3.8) is 0 Å². The molecular weight excluding hydrogens is 270 g/mol. The number of hydrogen-bond acceptors (Lipinski definition) is 5. The minimum atomic E-state index is -0.460. The molecule has 0 aliphatic heterocycles. The molecule has 21 heavy (non-hydrogen) atoms. The van der Waals surface area contributed by atoms with Crippen LogP contribution in [0.25, 0.3) is 0 Å². The lowest BCUT2D eigenvalue weighted by molar-refractivity contribution is 0.0932. The molecule has 0 saturated heterocycles. The Bertz CT molecular complexity index is 590. The van der Waals surface area contributed by atoms with Crippen LogP contribution < -0.4 is 5.32 Å². The second-order valence-electron chi connectivity index (χ2n) is 4.70. The van der Waals surface area contributed by atoms with Crippen LogP contribution in [0.3, 0.4) is 0 Å². The van der Waals surface area contributed by atoms with E-state index < -0.39 is 5.91 Å². The van der Waals surface area contributed by atoms with Crippen molar-refractivity contribution in [2.45, 2.75) is 6.42 Å². The van der Waals surface area contributed by atoms with Crippen molar-refractivity contribution in [3.8, 4) is 5.75 Å². The predicted octanol–water partition coefficient (Wildman–Crippen LogP) is 0.763. The summed E-state index contributed by atoms with van der Waals surface area (Å²) in [5.74, 6) is -0.746. The Morgan fingerprint density at radius 2 is 2.10 bits per heavy atom. The summed E-state index contributed by atoms with van der Waals surface area (Å²) in [7, 11) is 0. The number of aliphatic hydroxyl groups excluding tert-OH is 1. The first-order valence-electron chi connectivity index (χ1n) is 6.62. The first-order chi connectivity index (χ1) is 10.2. The topological polar surface area (TPSA) is 95.3 Å². The van der Waals surface area contributed by atoms with Gasteiger partial charge in [0.05, 0.1) is 0 Å². The van der Waals surface area contributed by atoms with Crippen molar-refractivity contribution in [1.82, 2.24) is 15.3 Å². The molecule has 0 aliphatic rings. The Hall–Kier alpha value is -2.47. The maximum atomic E-state index is 11.9. The number of carbonyl (C=O) groups is 1. The summed E-state index contributed by atoms with van der Waals surface area (Å²) >= 11 is 0. The summed E-state index contributed by atoms with van der Waals surface area (Å²) in [6.45, 7) is 0.240. The number of nitrogens with one attached hydrogen (secondary N) is 1. The van der Waals surface area contributed by atoms with Gasteiger partial charge in [0.2, 0.25) is 0 Å². The van der Waals surface area contributed by atoms with Crippen LogP contribution >= 0.6 is 0 Å². The average molecular weight is 287 g/mol. The van der Waals surface area contributed by atoms with Crippen LogP contribution in [-0.2, 0) is 6.42 Å². The Labute approximate surface area is 122 Å². The maximum absolute atomic E-state index is 11.9. The Morgan fingerprint density at radius 1 is 1.29 bits per heavy atom. The number of hydrogen-bond donors (Lipinski definition) is 3. The van der Waals surface area contributed by atoms with E-state index in [1.807, 2.05) is 12.1 Å². The fourth-order valence-electron chi connectivity index (χ4n) is 1.95.